The number of likely N-dealkylation sites (tertiary alicyclic amines) is 1. The zero-order valence-corrected chi connectivity index (χ0v) is 12.8. The number of halogens is 1. The number of rotatable bonds is 5. The first-order valence-electron chi connectivity index (χ1n) is 7.26. The SMILES string of the molecule is Brc1ccc(OCC2CCN(CC3CC3)CC2)cn1. The predicted molar refractivity (Wildman–Crippen MR) is 79.3 cm³/mol. The monoisotopic (exact) mass is 324 g/mol. The van der Waals surface area contributed by atoms with Gasteiger partial charge in [-0.15, -0.1) is 0 Å². The van der Waals surface area contributed by atoms with Crippen LogP contribution in [0.2, 0.25) is 0 Å². The lowest BCUT2D eigenvalue weighted by atomic mass is 9.97. The van der Waals surface area contributed by atoms with Crippen molar-refractivity contribution >= 4 is 15.9 Å². The van der Waals surface area contributed by atoms with Crippen molar-refractivity contribution in [3.8, 4) is 5.75 Å². The number of hydrogen-bond donors (Lipinski definition) is 0. The summed E-state index contributed by atoms with van der Waals surface area (Å²) in [6.45, 7) is 4.68. The van der Waals surface area contributed by atoms with Crippen molar-refractivity contribution in [2.24, 2.45) is 11.8 Å². The first-order chi connectivity index (χ1) is 9.29. The van der Waals surface area contributed by atoms with Crippen LogP contribution in [0.3, 0.4) is 0 Å². The third kappa shape index (κ3) is 4.18. The molecule has 0 spiro atoms. The summed E-state index contributed by atoms with van der Waals surface area (Å²) < 4.78 is 6.68. The van der Waals surface area contributed by atoms with Crippen LogP contribution in [0.15, 0.2) is 22.9 Å². The van der Waals surface area contributed by atoms with E-state index in [-0.39, 0.29) is 0 Å². The lowest BCUT2D eigenvalue weighted by Crippen LogP contribution is -2.36. The van der Waals surface area contributed by atoms with Gasteiger partial charge >= 0.3 is 0 Å². The molecule has 1 saturated heterocycles. The fourth-order valence-electron chi connectivity index (χ4n) is 2.66. The van der Waals surface area contributed by atoms with Crippen LogP contribution < -0.4 is 4.74 Å². The lowest BCUT2D eigenvalue weighted by molar-refractivity contribution is 0.137. The third-order valence-electron chi connectivity index (χ3n) is 4.11. The maximum absolute atomic E-state index is 5.83. The van der Waals surface area contributed by atoms with Gasteiger partial charge in [-0.3, -0.25) is 0 Å². The molecule has 0 N–H and O–H groups in total. The fraction of sp³-hybridized carbons (Fsp3) is 0.667. The van der Waals surface area contributed by atoms with Gasteiger partial charge in [0.05, 0.1) is 12.8 Å². The molecule has 0 atom stereocenters. The first kappa shape index (κ1) is 13.4. The Hall–Kier alpha value is -0.610. The number of hydrogen-bond acceptors (Lipinski definition) is 3. The molecule has 0 bridgehead atoms. The highest BCUT2D eigenvalue weighted by Gasteiger charge is 2.27. The molecule has 0 aromatic carbocycles. The minimum absolute atomic E-state index is 0.707. The van der Waals surface area contributed by atoms with Gasteiger partial charge in [0.2, 0.25) is 0 Å². The molecule has 0 amide bonds. The van der Waals surface area contributed by atoms with Gasteiger partial charge in [-0.2, -0.15) is 0 Å². The van der Waals surface area contributed by atoms with E-state index in [0.717, 1.165) is 22.9 Å². The van der Waals surface area contributed by atoms with Crippen molar-refractivity contribution in [1.29, 1.82) is 0 Å². The van der Waals surface area contributed by atoms with Gasteiger partial charge in [-0.05, 0) is 78.7 Å². The molecule has 3 rings (SSSR count). The Balaban J connectivity index is 1.38. The quantitative estimate of drug-likeness (QED) is 0.777. The van der Waals surface area contributed by atoms with E-state index in [1.54, 1.807) is 6.20 Å². The van der Waals surface area contributed by atoms with Gasteiger partial charge in [0, 0.05) is 6.54 Å². The molecule has 0 radical (unpaired) electrons. The Morgan fingerprint density at radius 3 is 2.58 bits per heavy atom. The summed E-state index contributed by atoms with van der Waals surface area (Å²) in [4.78, 5) is 6.81. The summed E-state index contributed by atoms with van der Waals surface area (Å²) in [5.41, 5.74) is 0. The minimum Gasteiger partial charge on any atom is -0.492 e. The summed E-state index contributed by atoms with van der Waals surface area (Å²) >= 11 is 3.33. The van der Waals surface area contributed by atoms with E-state index in [1.165, 1.54) is 45.3 Å². The van der Waals surface area contributed by atoms with Crippen LogP contribution in [0, 0.1) is 11.8 Å². The molecule has 0 unspecified atom stereocenters. The molecule has 1 aromatic rings. The van der Waals surface area contributed by atoms with Gasteiger partial charge in [0.1, 0.15) is 10.4 Å². The van der Waals surface area contributed by atoms with Crippen molar-refractivity contribution in [3.05, 3.63) is 22.9 Å². The van der Waals surface area contributed by atoms with Crippen LogP contribution in [0.1, 0.15) is 25.7 Å². The Morgan fingerprint density at radius 1 is 1.16 bits per heavy atom. The smallest absolute Gasteiger partial charge is 0.137 e. The molecule has 1 aromatic heterocycles. The second-order valence-corrected chi connectivity index (χ2v) is 6.63. The molecule has 2 fully saturated rings. The van der Waals surface area contributed by atoms with Crippen LogP contribution in [0.5, 0.6) is 5.75 Å². The predicted octanol–water partition coefficient (Wildman–Crippen LogP) is 3.34. The molecule has 3 nitrogen and oxygen atoms in total. The number of ether oxygens (including phenoxy) is 1. The molecule has 4 heteroatoms. The highest BCUT2D eigenvalue weighted by atomic mass is 79.9. The zero-order valence-electron chi connectivity index (χ0n) is 11.2. The Labute approximate surface area is 123 Å². The maximum atomic E-state index is 5.83. The van der Waals surface area contributed by atoms with Crippen molar-refractivity contribution in [2.75, 3.05) is 26.2 Å². The topological polar surface area (TPSA) is 25.4 Å². The van der Waals surface area contributed by atoms with E-state index in [0.29, 0.717) is 5.92 Å². The van der Waals surface area contributed by atoms with E-state index in [2.05, 4.69) is 25.8 Å². The highest BCUT2D eigenvalue weighted by Crippen LogP contribution is 2.31. The Morgan fingerprint density at radius 2 is 1.95 bits per heavy atom. The molecule has 1 aliphatic heterocycles. The third-order valence-corrected chi connectivity index (χ3v) is 4.58. The second-order valence-electron chi connectivity index (χ2n) is 5.81. The molecule has 2 heterocycles. The zero-order chi connectivity index (χ0) is 13.1. The number of aromatic nitrogens is 1. The van der Waals surface area contributed by atoms with Crippen molar-refractivity contribution in [1.82, 2.24) is 9.88 Å². The second kappa shape index (κ2) is 6.23. The first-order valence-corrected chi connectivity index (χ1v) is 8.05. The van der Waals surface area contributed by atoms with Gasteiger partial charge < -0.3 is 9.64 Å². The van der Waals surface area contributed by atoms with E-state index in [1.807, 2.05) is 12.1 Å². The highest BCUT2D eigenvalue weighted by molar-refractivity contribution is 9.10. The average Bonchev–Trinajstić information content (AvgIpc) is 3.24. The van der Waals surface area contributed by atoms with Crippen molar-refractivity contribution in [3.63, 3.8) is 0 Å². The van der Waals surface area contributed by atoms with E-state index >= 15 is 0 Å². The Kier molecular flexibility index (Phi) is 4.38. The van der Waals surface area contributed by atoms with Crippen molar-refractivity contribution in [2.45, 2.75) is 25.7 Å². The number of piperidine rings is 1. The standard InChI is InChI=1S/C15H21BrN2O/c16-15-4-3-14(9-17-15)19-11-13-5-7-18(8-6-13)10-12-1-2-12/h3-4,9,12-13H,1-2,5-8,10-11H2. The van der Waals surface area contributed by atoms with Gasteiger partial charge in [-0.25, -0.2) is 4.98 Å². The lowest BCUT2D eigenvalue weighted by Gasteiger charge is -2.31. The average molecular weight is 325 g/mol. The summed E-state index contributed by atoms with van der Waals surface area (Å²) in [7, 11) is 0. The normalized spacial score (nSPS) is 21.5. The molecule has 1 saturated carbocycles. The van der Waals surface area contributed by atoms with Crippen LogP contribution >= 0.6 is 15.9 Å². The van der Waals surface area contributed by atoms with Gasteiger partial charge in [0.25, 0.3) is 0 Å². The molecule has 1 aliphatic carbocycles. The van der Waals surface area contributed by atoms with Crippen LogP contribution in [0.25, 0.3) is 0 Å². The fourth-order valence-corrected chi connectivity index (χ4v) is 2.90. The molecular formula is C15H21BrN2O. The summed E-state index contributed by atoms with van der Waals surface area (Å²) in [5, 5.41) is 0. The van der Waals surface area contributed by atoms with Crippen LogP contribution in [0.4, 0.5) is 0 Å². The van der Waals surface area contributed by atoms with E-state index in [9.17, 15) is 0 Å². The summed E-state index contributed by atoms with van der Waals surface area (Å²) in [5.74, 6) is 2.60. The number of nitrogens with zero attached hydrogens (tertiary/aromatic N) is 2. The van der Waals surface area contributed by atoms with Gasteiger partial charge in [0.15, 0.2) is 0 Å². The number of pyridine rings is 1. The van der Waals surface area contributed by atoms with E-state index in [4.69, 9.17) is 4.74 Å². The van der Waals surface area contributed by atoms with Crippen molar-refractivity contribution < 1.29 is 4.74 Å². The summed E-state index contributed by atoms with van der Waals surface area (Å²) in [6, 6.07) is 3.90. The maximum Gasteiger partial charge on any atom is 0.137 e. The van der Waals surface area contributed by atoms with E-state index < -0.39 is 0 Å². The summed E-state index contributed by atoms with van der Waals surface area (Å²) in [6.07, 6.45) is 7.25. The largest absolute Gasteiger partial charge is 0.492 e. The van der Waals surface area contributed by atoms with Gasteiger partial charge in [-0.1, -0.05) is 0 Å². The van der Waals surface area contributed by atoms with Crippen LogP contribution in [-0.4, -0.2) is 36.1 Å². The molecule has 19 heavy (non-hydrogen) atoms. The molecule has 2 aliphatic rings. The molecular weight excluding hydrogens is 304 g/mol. The minimum atomic E-state index is 0.707. The Bertz CT molecular complexity index is 397. The molecule has 104 valence electrons. The van der Waals surface area contributed by atoms with Crippen LogP contribution in [-0.2, 0) is 0 Å².